The van der Waals surface area contributed by atoms with E-state index in [2.05, 4.69) is 0 Å². The first-order valence-corrected chi connectivity index (χ1v) is 8.33. The highest BCUT2D eigenvalue weighted by Crippen LogP contribution is 2.35. The summed E-state index contributed by atoms with van der Waals surface area (Å²) < 4.78 is 7.48. The van der Waals surface area contributed by atoms with E-state index in [1.807, 2.05) is 24.6 Å². The molecule has 2 aliphatic heterocycles. The molecule has 0 aliphatic carbocycles. The topological polar surface area (TPSA) is 75.0 Å². The molecule has 132 valence electrons. The van der Waals surface area contributed by atoms with E-state index in [4.69, 9.17) is 4.74 Å². The standard InChI is InChI=1S/C18H21N3O4/c1-11-15(13-8-12(22)4-5-14(13)20(11)3)16(23)21-7-6-18(10-21)9-19(2)17(24)25-18/h4-5,8,22H,6-7,9-10H2,1-3H3. The monoisotopic (exact) mass is 343 g/mol. The van der Waals surface area contributed by atoms with E-state index in [1.165, 1.54) is 0 Å². The number of amides is 2. The smallest absolute Gasteiger partial charge is 0.410 e. The molecule has 4 rings (SSSR count). The molecular weight excluding hydrogens is 322 g/mol. The number of nitrogens with zero attached hydrogens (tertiary/aromatic N) is 3. The minimum Gasteiger partial charge on any atom is -0.508 e. The Bertz CT molecular complexity index is 903. The third kappa shape index (κ3) is 2.26. The maximum absolute atomic E-state index is 13.2. The molecule has 2 aliphatic rings. The number of likely N-dealkylation sites (tertiary alicyclic amines) is 1. The molecule has 0 saturated carbocycles. The number of carbonyl (C=O) groups is 2. The van der Waals surface area contributed by atoms with Crippen LogP contribution >= 0.6 is 0 Å². The number of aromatic hydroxyl groups is 1. The number of fused-ring (bicyclic) bond motifs is 1. The molecule has 1 unspecified atom stereocenters. The van der Waals surface area contributed by atoms with E-state index in [0.717, 1.165) is 16.6 Å². The molecule has 1 atom stereocenters. The number of benzene rings is 1. The van der Waals surface area contributed by atoms with Crippen LogP contribution in [0.4, 0.5) is 4.79 Å². The third-order valence-corrected chi connectivity index (χ3v) is 5.43. The number of rotatable bonds is 1. The average Bonchev–Trinajstić information content (AvgIpc) is 3.16. The molecule has 25 heavy (non-hydrogen) atoms. The number of hydrogen-bond donors (Lipinski definition) is 1. The van der Waals surface area contributed by atoms with Crippen LogP contribution < -0.4 is 0 Å². The van der Waals surface area contributed by atoms with Gasteiger partial charge in [0, 0.05) is 43.7 Å². The van der Waals surface area contributed by atoms with Gasteiger partial charge in [0.2, 0.25) is 0 Å². The minimum atomic E-state index is -0.595. The first-order valence-electron chi connectivity index (χ1n) is 8.33. The Morgan fingerprint density at radius 1 is 1.28 bits per heavy atom. The second-order valence-corrected chi connectivity index (χ2v) is 7.10. The lowest BCUT2D eigenvalue weighted by Crippen LogP contribution is -2.39. The Morgan fingerprint density at radius 3 is 2.72 bits per heavy atom. The largest absolute Gasteiger partial charge is 0.508 e. The lowest BCUT2D eigenvalue weighted by molar-refractivity contribution is 0.0553. The van der Waals surface area contributed by atoms with Crippen molar-refractivity contribution in [1.82, 2.24) is 14.4 Å². The second kappa shape index (κ2) is 5.15. The molecule has 1 aromatic heterocycles. The van der Waals surface area contributed by atoms with E-state index in [9.17, 15) is 14.7 Å². The Balaban J connectivity index is 1.69. The lowest BCUT2D eigenvalue weighted by Gasteiger charge is -2.22. The highest BCUT2D eigenvalue weighted by molar-refractivity contribution is 6.08. The van der Waals surface area contributed by atoms with Crippen LogP contribution in [-0.2, 0) is 11.8 Å². The molecule has 1 N–H and O–H groups in total. The number of phenolic OH excluding ortho intramolecular Hbond substituents is 1. The Morgan fingerprint density at radius 2 is 2.04 bits per heavy atom. The van der Waals surface area contributed by atoms with Crippen LogP contribution in [0.1, 0.15) is 22.5 Å². The van der Waals surface area contributed by atoms with Crippen LogP contribution in [-0.4, -0.2) is 63.8 Å². The highest BCUT2D eigenvalue weighted by atomic mass is 16.6. The van der Waals surface area contributed by atoms with Crippen molar-refractivity contribution in [2.45, 2.75) is 18.9 Å². The molecular formula is C18H21N3O4. The van der Waals surface area contributed by atoms with Crippen LogP contribution in [0, 0.1) is 6.92 Å². The number of phenols is 1. The molecule has 2 saturated heterocycles. The first kappa shape index (κ1) is 15.8. The number of hydrogen-bond acceptors (Lipinski definition) is 4. The fourth-order valence-corrected chi connectivity index (χ4v) is 4.01. The van der Waals surface area contributed by atoms with Crippen molar-refractivity contribution in [3.8, 4) is 5.75 Å². The van der Waals surface area contributed by atoms with Gasteiger partial charge in [-0.25, -0.2) is 4.79 Å². The van der Waals surface area contributed by atoms with Gasteiger partial charge < -0.3 is 24.2 Å². The summed E-state index contributed by atoms with van der Waals surface area (Å²) in [5, 5.41) is 10.6. The summed E-state index contributed by atoms with van der Waals surface area (Å²) >= 11 is 0. The zero-order chi connectivity index (χ0) is 17.9. The van der Waals surface area contributed by atoms with Crippen molar-refractivity contribution in [3.05, 3.63) is 29.5 Å². The summed E-state index contributed by atoms with van der Waals surface area (Å²) in [6, 6.07) is 5.06. The van der Waals surface area contributed by atoms with Crippen LogP contribution in [0.3, 0.4) is 0 Å². The number of carbonyl (C=O) groups excluding carboxylic acids is 2. The summed E-state index contributed by atoms with van der Waals surface area (Å²) in [7, 11) is 3.61. The molecule has 1 aromatic carbocycles. The summed E-state index contributed by atoms with van der Waals surface area (Å²) in [6.07, 6.45) is 0.310. The zero-order valence-electron chi connectivity index (χ0n) is 14.6. The van der Waals surface area contributed by atoms with Gasteiger partial charge >= 0.3 is 6.09 Å². The van der Waals surface area contributed by atoms with E-state index < -0.39 is 5.60 Å². The summed E-state index contributed by atoms with van der Waals surface area (Å²) in [4.78, 5) is 28.2. The Hall–Kier alpha value is -2.70. The normalized spacial score (nSPS) is 23.1. The Labute approximate surface area is 145 Å². The fraction of sp³-hybridized carbons (Fsp3) is 0.444. The molecule has 7 nitrogen and oxygen atoms in total. The number of aryl methyl sites for hydroxylation is 1. The van der Waals surface area contributed by atoms with E-state index in [0.29, 0.717) is 31.6 Å². The van der Waals surface area contributed by atoms with Gasteiger partial charge in [-0.3, -0.25) is 4.79 Å². The van der Waals surface area contributed by atoms with Crippen LogP contribution in [0.2, 0.25) is 0 Å². The van der Waals surface area contributed by atoms with Gasteiger partial charge in [-0.15, -0.1) is 0 Å². The molecule has 2 aromatic rings. The predicted molar refractivity (Wildman–Crippen MR) is 91.7 cm³/mol. The first-order chi connectivity index (χ1) is 11.8. The van der Waals surface area contributed by atoms with Crippen molar-refractivity contribution in [2.75, 3.05) is 26.7 Å². The maximum atomic E-state index is 13.2. The third-order valence-electron chi connectivity index (χ3n) is 5.43. The Kier molecular flexibility index (Phi) is 3.25. The minimum absolute atomic E-state index is 0.0869. The van der Waals surface area contributed by atoms with E-state index in [-0.39, 0.29) is 17.7 Å². The van der Waals surface area contributed by atoms with Gasteiger partial charge in [0.1, 0.15) is 5.75 Å². The van der Waals surface area contributed by atoms with Crippen LogP contribution in [0.5, 0.6) is 5.75 Å². The number of ether oxygens (including phenoxy) is 1. The summed E-state index contributed by atoms with van der Waals surface area (Å²) in [6.45, 7) is 3.36. The fourth-order valence-electron chi connectivity index (χ4n) is 4.01. The van der Waals surface area contributed by atoms with Crippen molar-refractivity contribution in [2.24, 2.45) is 7.05 Å². The molecule has 0 radical (unpaired) electrons. The van der Waals surface area contributed by atoms with Crippen molar-refractivity contribution in [3.63, 3.8) is 0 Å². The summed E-state index contributed by atoms with van der Waals surface area (Å²) in [5.74, 6) is 0.0487. The molecule has 7 heteroatoms. The summed E-state index contributed by atoms with van der Waals surface area (Å²) in [5.41, 5.74) is 1.76. The van der Waals surface area contributed by atoms with Crippen molar-refractivity contribution < 1.29 is 19.4 Å². The van der Waals surface area contributed by atoms with Gasteiger partial charge in [-0.2, -0.15) is 0 Å². The highest BCUT2D eigenvalue weighted by Gasteiger charge is 2.49. The second-order valence-electron chi connectivity index (χ2n) is 7.10. The van der Waals surface area contributed by atoms with Crippen LogP contribution in [0.25, 0.3) is 10.9 Å². The van der Waals surface area contributed by atoms with Gasteiger partial charge in [-0.05, 0) is 25.1 Å². The van der Waals surface area contributed by atoms with E-state index >= 15 is 0 Å². The molecule has 2 fully saturated rings. The predicted octanol–water partition coefficient (Wildman–Crippen LogP) is 1.86. The number of aromatic nitrogens is 1. The quantitative estimate of drug-likeness (QED) is 0.858. The molecule has 2 amide bonds. The van der Waals surface area contributed by atoms with Crippen LogP contribution in [0.15, 0.2) is 18.2 Å². The average molecular weight is 343 g/mol. The van der Waals surface area contributed by atoms with Gasteiger partial charge in [-0.1, -0.05) is 0 Å². The lowest BCUT2D eigenvalue weighted by atomic mass is 10.0. The maximum Gasteiger partial charge on any atom is 0.410 e. The number of likely N-dealkylation sites (N-methyl/N-ethyl adjacent to an activating group) is 1. The zero-order valence-corrected chi connectivity index (χ0v) is 14.6. The van der Waals surface area contributed by atoms with Crippen molar-refractivity contribution >= 4 is 22.9 Å². The molecule has 0 bridgehead atoms. The van der Waals surface area contributed by atoms with Gasteiger partial charge in [0.15, 0.2) is 5.60 Å². The SMILES string of the molecule is Cc1c(C(=O)N2CCC3(CN(C)C(=O)O3)C2)c2cc(O)ccc2n1C. The van der Waals surface area contributed by atoms with E-state index in [1.54, 1.807) is 29.0 Å². The molecule has 1 spiro atoms. The van der Waals surface area contributed by atoms with Crippen molar-refractivity contribution in [1.29, 1.82) is 0 Å². The van der Waals surface area contributed by atoms with Gasteiger partial charge in [0.05, 0.1) is 18.7 Å². The molecule has 3 heterocycles. The van der Waals surface area contributed by atoms with Gasteiger partial charge in [0.25, 0.3) is 5.91 Å².